The van der Waals surface area contributed by atoms with Crippen LogP contribution in [0.3, 0.4) is 0 Å². The van der Waals surface area contributed by atoms with E-state index in [4.69, 9.17) is 23.2 Å². The van der Waals surface area contributed by atoms with Gasteiger partial charge in [0.15, 0.2) is 9.84 Å². The summed E-state index contributed by atoms with van der Waals surface area (Å²) < 4.78 is 25.9. The summed E-state index contributed by atoms with van der Waals surface area (Å²) in [5.74, 6) is 0. The Hall–Kier alpha value is -0.290. The third-order valence-corrected chi connectivity index (χ3v) is 7.27. The molecule has 1 aliphatic rings. The maximum Gasteiger partial charge on any atom is 0.182 e. The zero-order valence-electron chi connectivity index (χ0n) is 12.5. The van der Waals surface area contributed by atoms with E-state index in [1.165, 1.54) is 12.1 Å². The molecule has 1 aromatic rings. The van der Waals surface area contributed by atoms with Crippen LogP contribution in [0.5, 0.6) is 0 Å². The molecule has 1 N–H and O–H groups in total. The highest BCUT2D eigenvalue weighted by atomic mass is 35.5. The molecule has 2 rings (SSSR count). The summed E-state index contributed by atoms with van der Waals surface area (Å²) in [6.45, 7) is 4.24. The van der Waals surface area contributed by atoms with Crippen molar-refractivity contribution in [3.8, 4) is 0 Å². The molecule has 0 spiro atoms. The van der Waals surface area contributed by atoms with Crippen molar-refractivity contribution in [1.82, 2.24) is 5.32 Å². The molecule has 0 aliphatic heterocycles. The summed E-state index contributed by atoms with van der Waals surface area (Å²) in [6, 6.07) is 4.50. The van der Waals surface area contributed by atoms with Crippen molar-refractivity contribution in [2.45, 2.75) is 49.3 Å². The van der Waals surface area contributed by atoms with Gasteiger partial charge in [0, 0.05) is 6.04 Å². The fourth-order valence-corrected chi connectivity index (χ4v) is 5.63. The molecule has 2 unspecified atom stereocenters. The van der Waals surface area contributed by atoms with Crippen LogP contribution >= 0.6 is 23.2 Å². The van der Waals surface area contributed by atoms with Crippen LogP contribution in [0.1, 0.15) is 33.1 Å². The number of hydrogen-bond acceptors (Lipinski definition) is 3. The molecule has 0 aromatic heterocycles. The highest BCUT2D eigenvalue weighted by Gasteiger charge is 2.42. The molecule has 0 saturated heterocycles. The highest BCUT2D eigenvalue weighted by Crippen LogP contribution is 2.40. The molecule has 0 amide bonds. The Morgan fingerprint density at radius 2 is 1.90 bits per heavy atom. The smallest absolute Gasteiger partial charge is 0.182 e. The summed E-state index contributed by atoms with van der Waals surface area (Å²) in [4.78, 5) is 0.250. The lowest BCUT2D eigenvalue weighted by Gasteiger charge is -2.40. The van der Waals surface area contributed by atoms with Gasteiger partial charge in [0.2, 0.25) is 0 Å². The normalized spacial score (nSPS) is 25.8. The van der Waals surface area contributed by atoms with E-state index in [0.717, 1.165) is 12.8 Å². The first-order valence-electron chi connectivity index (χ1n) is 7.03. The van der Waals surface area contributed by atoms with Crippen LogP contribution in [0.4, 0.5) is 0 Å². The van der Waals surface area contributed by atoms with Crippen LogP contribution in [0.2, 0.25) is 10.0 Å². The van der Waals surface area contributed by atoms with Gasteiger partial charge in [-0.05, 0) is 49.9 Å². The van der Waals surface area contributed by atoms with E-state index in [-0.39, 0.29) is 21.4 Å². The van der Waals surface area contributed by atoms with Gasteiger partial charge in [-0.3, -0.25) is 0 Å². The number of nitrogens with one attached hydrogen (secondary N) is 1. The van der Waals surface area contributed by atoms with Crippen molar-refractivity contribution in [1.29, 1.82) is 0 Å². The third-order valence-electron chi connectivity index (χ3n) is 4.32. The fraction of sp³-hybridized carbons (Fsp3) is 0.600. The summed E-state index contributed by atoms with van der Waals surface area (Å²) in [5, 5.41) is 3.35. The second-order valence-corrected chi connectivity index (χ2v) is 9.44. The van der Waals surface area contributed by atoms with Crippen LogP contribution in [0, 0.1) is 5.41 Å². The fourth-order valence-electron chi connectivity index (χ4n) is 3.01. The van der Waals surface area contributed by atoms with Gasteiger partial charge >= 0.3 is 0 Å². The second-order valence-electron chi connectivity index (χ2n) is 6.46. The average Bonchev–Trinajstić information content (AvgIpc) is 2.41. The van der Waals surface area contributed by atoms with Crippen molar-refractivity contribution in [3.63, 3.8) is 0 Å². The van der Waals surface area contributed by atoms with Gasteiger partial charge in [0.1, 0.15) is 0 Å². The first-order valence-corrected chi connectivity index (χ1v) is 9.34. The molecular weight excluding hydrogens is 329 g/mol. The van der Waals surface area contributed by atoms with E-state index >= 15 is 0 Å². The van der Waals surface area contributed by atoms with E-state index in [2.05, 4.69) is 19.2 Å². The lowest BCUT2D eigenvalue weighted by molar-refractivity contribution is 0.213. The van der Waals surface area contributed by atoms with E-state index in [0.29, 0.717) is 11.4 Å². The van der Waals surface area contributed by atoms with E-state index < -0.39 is 15.1 Å². The Labute approximate surface area is 136 Å². The Kier molecular flexibility index (Phi) is 4.94. The van der Waals surface area contributed by atoms with Crippen molar-refractivity contribution in [3.05, 3.63) is 28.2 Å². The van der Waals surface area contributed by atoms with Crippen molar-refractivity contribution < 1.29 is 8.42 Å². The van der Waals surface area contributed by atoms with Gasteiger partial charge in [-0.2, -0.15) is 0 Å². The van der Waals surface area contributed by atoms with Crippen LogP contribution in [-0.2, 0) is 9.84 Å². The van der Waals surface area contributed by atoms with Gasteiger partial charge in [-0.15, -0.1) is 0 Å². The third kappa shape index (κ3) is 3.55. The number of benzene rings is 1. The molecule has 21 heavy (non-hydrogen) atoms. The minimum absolute atomic E-state index is 0.0291. The number of sulfone groups is 1. The number of halogens is 2. The topological polar surface area (TPSA) is 46.2 Å². The maximum absolute atomic E-state index is 13.0. The van der Waals surface area contributed by atoms with Crippen molar-refractivity contribution in [2.24, 2.45) is 5.41 Å². The maximum atomic E-state index is 13.0. The first kappa shape index (κ1) is 17.1. The highest BCUT2D eigenvalue weighted by molar-refractivity contribution is 7.92. The molecule has 0 bridgehead atoms. The van der Waals surface area contributed by atoms with Crippen LogP contribution in [0.25, 0.3) is 0 Å². The lowest BCUT2D eigenvalue weighted by atomic mass is 9.75. The standard InChI is InChI=1S/C15H21Cl2NO2S/c1-15(2)7-6-13(18-3)14(9-15)21(19,20)10-4-5-11(16)12(17)8-10/h4-5,8,13-14,18H,6-7,9H2,1-3H3. The largest absolute Gasteiger partial charge is 0.316 e. The summed E-state index contributed by atoms with van der Waals surface area (Å²) in [5.41, 5.74) is 0.0291. The van der Waals surface area contributed by atoms with E-state index in [1.54, 1.807) is 6.07 Å². The second kappa shape index (κ2) is 6.07. The molecule has 1 fully saturated rings. The zero-order valence-corrected chi connectivity index (χ0v) is 14.8. The van der Waals surface area contributed by atoms with E-state index in [9.17, 15) is 8.42 Å². The quantitative estimate of drug-likeness (QED) is 0.898. The Morgan fingerprint density at radius 1 is 1.24 bits per heavy atom. The monoisotopic (exact) mass is 349 g/mol. The summed E-state index contributed by atoms with van der Waals surface area (Å²) in [6.07, 6.45) is 2.52. The molecule has 2 atom stereocenters. The zero-order chi connectivity index (χ0) is 15.8. The van der Waals surface area contributed by atoms with Gasteiger partial charge in [0.05, 0.1) is 20.2 Å². The van der Waals surface area contributed by atoms with Crippen LogP contribution in [0.15, 0.2) is 23.1 Å². The first-order chi connectivity index (χ1) is 9.67. The molecule has 0 radical (unpaired) electrons. The number of rotatable bonds is 3. The molecule has 6 heteroatoms. The molecular formula is C15H21Cl2NO2S. The van der Waals surface area contributed by atoms with Gasteiger partial charge in [-0.1, -0.05) is 37.0 Å². The van der Waals surface area contributed by atoms with Crippen molar-refractivity contribution >= 4 is 33.0 Å². The molecule has 1 aliphatic carbocycles. The predicted molar refractivity (Wildman–Crippen MR) is 87.9 cm³/mol. The van der Waals surface area contributed by atoms with Crippen molar-refractivity contribution in [2.75, 3.05) is 7.05 Å². The molecule has 1 saturated carbocycles. The SMILES string of the molecule is CNC1CCC(C)(C)CC1S(=O)(=O)c1ccc(Cl)c(Cl)c1. The molecule has 0 heterocycles. The minimum Gasteiger partial charge on any atom is -0.316 e. The van der Waals surface area contributed by atoms with Gasteiger partial charge in [-0.25, -0.2) is 8.42 Å². The Morgan fingerprint density at radius 3 is 2.48 bits per heavy atom. The lowest BCUT2D eigenvalue weighted by Crippen LogP contribution is -2.48. The van der Waals surface area contributed by atoms with E-state index in [1.807, 2.05) is 7.05 Å². The molecule has 1 aromatic carbocycles. The Bertz CT molecular complexity index is 629. The summed E-state index contributed by atoms with van der Waals surface area (Å²) >= 11 is 11.9. The van der Waals surface area contributed by atoms with Gasteiger partial charge in [0.25, 0.3) is 0 Å². The summed E-state index contributed by atoms with van der Waals surface area (Å²) in [7, 11) is -1.62. The van der Waals surface area contributed by atoms with Crippen LogP contribution < -0.4 is 5.32 Å². The molecule has 118 valence electrons. The van der Waals surface area contributed by atoms with Gasteiger partial charge < -0.3 is 5.32 Å². The minimum atomic E-state index is -3.44. The number of hydrogen-bond donors (Lipinski definition) is 1. The predicted octanol–water partition coefficient (Wildman–Crippen LogP) is 3.93. The average molecular weight is 350 g/mol. The Balaban J connectivity index is 2.42. The molecule has 3 nitrogen and oxygen atoms in total. The van der Waals surface area contributed by atoms with Crippen LogP contribution in [-0.4, -0.2) is 26.8 Å².